The molecule has 7 nitrogen and oxygen atoms in total. The number of fused-ring (bicyclic) bond motifs is 1. The lowest BCUT2D eigenvalue weighted by atomic mass is 10.2. The molecule has 0 bridgehead atoms. The molecule has 3 rings (SSSR count). The van der Waals surface area contributed by atoms with Crippen molar-refractivity contribution in [2.24, 2.45) is 0 Å². The van der Waals surface area contributed by atoms with Gasteiger partial charge in [-0.25, -0.2) is 9.97 Å². The highest BCUT2D eigenvalue weighted by atomic mass is 16.5. The van der Waals surface area contributed by atoms with E-state index in [-0.39, 0.29) is 16.8 Å². The third-order valence-corrected chi connectivity index (χ3v) is 3.06. The topological polar surface area (TPSA) is 100 Å². The average Bonchev–Trinajstić information content (AvgIpc) is 2.51. The van der Waals surface area contributed by atoms with Crippen molar-refractivity contribution in [2.75, 3.05) is 5.32 Å². The van der Waals surface area contributed by atoms with E-state index in [2.05, 4.69) is 15.3 Å². The Morgan fingerprint density at radius 1 is 1.19 bits per heavy atom. The van der Waals surface area contributed by atoms with Gasteiger partial charge in [0.2, 0.25) is 0 Å². The molecule has 0 aliphatic rings. The lowest BCUT2D eigenvalue weighted by Gasteiger charge is -2.10. The van der Waals surface area contributed by atoms with Crippen LogP contribution in [-0.4, -0.2) is 25.0 Å². The van der Waals surface area contributed by atoms with E-state index in [9.17, 15) is 15.1 Å². The molecule has 7 heteroatoms. The first-order valence-electron chi connectivity index (χ1n) is 6.23. The van der Waals surface area contributed by atoms with Crippen LogP contribution in [0.2, 0.25) is 0 Å². The molecule has 0 aliphatic carbocycles. The van der Waals surface area contributed by atoms with E-state index in [1.807, 2.05) is 30.3 Å². The molecule has 3 aromatic rings. The minimum absolute atomic E-state index is 0.0504. The van der Waals surface area contributed by atoms with Gasteiger partial charge in [-0.1, -0.05) is 30.3 Å². The second kappa shape index (κ2) is 5.12. The maximum atomic E-state index is 11.4. The summed E-state index contributed by atoms with van der Waals surface area (Å²) >= 11 is 0. The second-order valence-corrected chi connectivity index (χ2v) is 4.44. The van der Waals surface area contributed by atoms with Crippen molar-refractivity contribution in [3.8, 4) is 5.75 Å². The van der Waals surface area contributed by atoms with E-state index in [1.54, 1.807) is 0 Å². The fraction of sp³-hybridized carbons (Fsp3) is 0.0714. The van der Waals surface area contributed by atoms with Gasteiger partial charge in [0, 0.05) is 12.6 Å². The monoisotopic (exact) mass is 284 g/mol. The molecule has 0 saturated carbocycles. The van der Waals surface area contributed by atoms with Crippen LogP contribution in [-0.2, 0) is 6.54 Å². The van der Waals surface area contributed by atoms with Gasteiger partial charge < -0.3 is 15.6 Å². The molecule has 0 unspecified atom stereocenters. The summed E-state index contributed by atoms with van der Waals surface area (Å²) in [6.45, 7) is 0.483. The quantitative estimate of drug-likeness (QED) is 0.628. The average molecular weight is 284 g/mol. The lowest BCUT2D eigenvalue weighted by Crippen LogP contribution is -2.18. The fourth-order valence-corrected chi connectivity index (χ4v) is 2.04. The molecule has 2 heterocycles. The standard InChI is InChI=1S/C14H12N4O3/c19-10-6-11(20)18(21)14-12(10)13(16-8-17-14)15-7-9-4-2-1-3-5-9/h1-6,8,19,21H,7H2,(H,15,16,17). The maximum absolute atomic E-state index is 11.4. The van der Waals surface area contributed by atoms with Crippen molar-refractivity contribution >= 4 is 16.9 Å². The molecule has 0 saturated heterocycles. The third kappa shape index (κ3) is 2.36. The van der Waals surface area contributed by atoms with Gasteiger partial charge in [0.25, 0.3) is 5.56 Å². The van der Waals surface area contributed by atoms with Crippen LogP contribution in [0.5, 0.6) is 5.75 Å². The first-order chi connectivity index (χ1) is 10.2. The Bertz CT molecular complexity index is 846. The Kier molecular flexibility index (Phi) is 3.15. The molecular weight excluding hydrogens is 272 g/mol. The molecule has 0 amide bonds. The molecule has 106 valence electrons. The molecule has 21 heavy (non-hydrogen) atoms. The zero-order valence-electron chi connectivity index (χ0n) is 10.9. The van der Waals surface area contributed by atoms with Gasteiger partial charge in [-0.05, 0) is 5.56 Å². The Morgan fingerprint density at radius 2 is 1.95 bits per heavy atom. The Morgan fingerprint density at radius 3 is 2.71 bits per heavy atom. The van der Waals surface area contributed by atoms with Gasteiger partial charge in [-0.3, -0.25) is 4.79 Å². The first-order valence-corrected chi connectivity index (χ1v) is 6.23. The predicted octanol–water partition coefficient (Wildman–Crippen LogP) is 1.35. The number of hydrogen-bond acceptors (Lipinski definition) is 6. The number of anilines is 1. The summed E-state index contributed by atoms with van der Waals surface area (Å²) in [4.78, 5) is 19.3. The van der Waals surface area contributed by atoms with E-state index in [1.165, 1.54) is 6.33 Å². The van der Waals surface area contributed by atoms with Gasteiger partial charge in [0.05, 0.1) is 0 Å². The normalized spacial score (nSPS) is 10.7. The van der Waals surface area contributed by atoms with Crippen LogP contribution in [0.4, 0.5) is 5.82 Å². The van der Waals surface area contributed by atoms with Crippen molar-refractivity contribution in [3.05, 3.63) is 58.6 Å². The van der Waals surface area contributed by atoms with Gasteiger partial charge >= 0.3 is 0 Å². The van der Waals surface area contributed by atoms with Crippen molar-refractivity contribution in [3.63, 3.8) is 0 Å². The number of hydrogen-bond donors (Lipinski definition) is 3. The van der Waals surface area contributed by atoms with Crippen molar-refractivity contribution in [1.29, 1.82) is 0 Å². The van der Waals surface area contributed by atoms with E-state index in [0.29, 0.717) is 17.1 Å². The number of nitrogens with one attached hydrogen (secondary N) is 1. The number of benzene rings is 1. The highest BCUT2D eigenvalue weighted by Crippen LogP contribution is 2.26. The molecule has 0 radical (unpaired) electrons. The molecule has 0 aliphatic heterocycles. The minimum Gasteiger partial charge on any atom is -0.507 e. The number of nitrogens with zero attached hydrogens (tertiary/aromatic N) is 3. The summed E-state index contributed by atoms with van der Waals surface area (Å²) in [5.41, 5.74) is 0.222. The van der Waals surface area contributed by atoms with Crippen LogP contribution in [0.3, 0.4) is 0 Å². The zero-order chi connectivity index (χ0) is 14.8. The van der Waals surface area contributed by atoms with Crippen LogP contribution >= 0.6 is 0 Å². The molecular formula is C14H12N4O3. The molecule has 1 aromatic carbocycles. The van der Waals surface area contributed by atoms with E-state index < -0.39 is 5.56 Å². The molecule has 0 atom stereocenters. The van der Waals surface area contributed by atoms with E-state index in [0.717, 1.165) is 11.6 Å². The maximum Gasteiger partial charge on any atom is 0.288 e. The summed E-state index contributed by atoms with van der Waals surface area (Å²) in [6.07, 6.45) is 1.21. The summed E-state index contributed by atoms with van der Waals surface area (Å²) in [5.74, 6) is 0.0561. The van der Waals surface area contributed by atoms with Crippen LogP contribution < -0.4 is 10.9 Å². The smallest absolute Gasteiger partial charge is 0.288 e. The number of pyridine rings is 1. The van der Waals surface area contributed by atoms with Crippen molar-refractivity contribution in [1.82, 2.24) is 14.7 Å². The van der Waals surface area contributed by atoms with Gasteiger partial charge in [-0.2, -0.15) is 0 Å². The third-order valence-electron chi connectivity index (χ3n) is 3.06. The summed E-state index contributed by atoms with van der Waals surface area (Å²) in [6, 6.07) is 10.5. The highest BCUT2D eigenvalue weighted by Gasteiger charge is 2.13. The van der Waals surface area contributed by atoms with E-state index >= 15 is 0 Å². The number of aromatic hydroxyl groups is 1. The summed E-state index contributed by atoms with van der Waals surface area (Å²) < 4.78 is 0.379. The Labute approximate surface area is 119 Å². The highest BCUT2D eigenvalue weighted by molar-refractivity contribution is 5.91. The summed E-state index contributed by atoms with van der Waals surface area (Å²) in [5, 5.41) is 22.8. The molecule has 2 aromatic heterocycles. The largest absolute Gasteiger partial charge is 0.507 e. The molecule has 0 fully saturated rings. The second-order valence-electron chi connectivity index (χ2n) is 4.44. The first kappa shape index (κ1) is 12.9. The molecule has 0 spiro atoms. The number of rotatable bonds is 3. The Hall–Kier alpha value is -3.09. The Balaban J connectivity index is 2.03. The van der Waals surface area contributed by atoms with E-state index in [4.69, 9.17) is 0 Å². The predicted molar refractivity (Wildman–Crippen MR) is 76.4 cm³/mol. The van der Waals surface area contributed by atoms with Crippen molar-refractivity contribution in [2.45, 2.75) is 6.54 Å². The minimum atomic E-state index is -0.757. The van der Waals surface area contributed by atoms with Crippen LogP contribution in [0.15, 0.2) is 47.5 Å². The van der Waals surface area contributed by atoms with Gasteiger partial charge in [0.1, 0.15) is 23.3 Å². The summed E-state index contributed by atoms with van der Waals surface area (Å²) in [7, 11) is 0. The van der Waals surface area contributed by atoms with Gasteiger partial charge in [0.15, 0.2) is 5.65 Å². The van der Waals surface area contributed by atoms with Crippen LogP contribution in [0.1, 0.15) is 5.56 Å². The molecule has 3 N–H and O–H groups in total. The zero-order valence-corrected chi connectivity index (χ0v) is 10.9. The number of aromatic nitrogens is 3. The van der Waals surface area contributed by atoms with Crippen LogP contribution in [0.25, 0.3) is 11.0 Å². The van der Waals surface area contributed by atoms with Gasteiger partial charge in [-0.15, -0.1) is 4.73 Å². The SMILES string of the molecule is O=c1cc(O)c2c(NCc3ccccc3)ncnc2n1O. The van der Waals surface area contributed by atoms with Crippen LogP contribution in [0, 0.1) is 0 Å². The van der Waals surface area contributed by atoms with Crippen molar-refractivity contribution < 1.29 is 10.3 Å². The lowest BCUT2D eigenvalue weighted by molar-refractivity contribution is 0.186. The fourth-order valence-electron chi connectivity index (χ4n) is 2.04.